The number of nitrogen functional groups attached to an aromatic ring is 1. The molecule has 96 valence electrons. The summed E-state index contributed by atoms with van der Waals surface area (Å²) in [4.78, 5) is 13.0. The molecule has 1 unspecified atom stereocenters. The Morgan fingerprint density at radius 2 is 2.22 bits per heavy atom. The van der Waals surface area contributed by atoms with Crippen molar-refractivity contribution in [3.63, 3.8) is 0 Å². The first-order valence-electron chi connectivity index (χ1n) is 6.26. The molecule has 1 fully saturated rings. The third-order valence-electron chi connectivity index (χ3n) is 3.64. The summed E-state index contributed by atoms with van der Waals surface area (Å²) < 4.78 is 0. The molecular formula is C14H19N3O. The molecule has 4 heteroatoms. The van der Waals surface area contributed by atoms with Crippen LogP contribution in [0.3, 0.4) is 0 Å². The van der Waals surface area contributed by atoms with Gasteiger partial charge in [-0.25, -0.2) is 0 Å². The Hall–Kier alpha value is -1.84. The van der Waals surface area contributed by atoms with Crippen molar-refractivity contribution in [3.05, 3.63) is 29.3 Å². The van der Waals surface area contributed by atoms with E-state index in [9.17, 15) is 4.79 Å². The van der Waals surface area contributed by atoms with Gasteiger partial charge in [0, 0.05) is 24.0 Å². The van der Waals surface area contributed by atoms with Crippen LogP contribution >= 0.6 is 0 Å². The molecule has 1 heterocycles. The second-order valence-electron chi connectivity index (χ2n) is 5.03. The van der Waals surface area contributed by atoms with Gasteiger partial charge < -0.3 is 16.0 Å². The van der Waals surface area contributed by atoms with Crippen LogP contribution < -0.4 is 5.73 Å². The van der Waals surface area contributed by atoms with Crippen LogP contribution in [-0.2, 0) is 4.79 Å². The number of hydrogen-bond donors (Lipinski definition) is 2. The number of amides is 1. The largest absolute Gasteiger partial charge is 0.398 e. The van der Waals surface area contributed by atoms with E-state index in [0.29, 0.717) is 11.6 Å². The zero-order valence-electron chi connectivity index (χ0n) is 10.6. The van der Waals surface area contributed by atoms with Crippen LogP contribution in [0.25, 0.3) is 0 Å². The van der Waals surface area contributed by atoms with Crippen molar-refractivity contribution in [2.24, 2.45) is 5.92 Å². The smallest absolute Gasteiger partial charge is 0.210 e. The lowest BCUT2D eigenvalue weighted by molar-refractivity contribution is -0.122. The number of nitrogens with two attached hydrogens (primary N) is 1. The molecule has 1 aromatic rings. The number of nitrogens with zero attached hydrogens (tertiary/aromatic N) is 1. The maximum atomic E-state index is 11.2. The lowest BCUT2D eigenvalue weighted by Crippen LogP contribution is -2.36. The summed E-state index contributed by atoms with van der Waals surface area (Å²) in [5, 5.41) is 7.23. The fourth-order valence-corrected chi connectivity index (χ4v) is 2.59. The second kappa shape index (κ2) is 5.21. The number of carbonyl (C=O) groups excluding carboxylic acids is 1. The van der Waals surface area contributed by atoms with Gasteiger partial charge in [-0.15, -0.1) is 0 Å². The van der Waals surface area contributed by atoms with Crippen molar-refractivity contribution in [2.75, 3.05) is 12.3 Å². The number of rotatable bonds is 3. The number of hydrogen-bond acceptors (Lipinski definition) is 3. The predicted octanol–water partition coefficient (Wildman–Crippen LogP) is 2.20. The van der Waals surface area contributed by atoms with Gasteiger partial charge in [0.1, 0.15) is 0 Å². The highest BCUT2D eigenvalue weighted by Gasteiger charge is 2.26. The fourth-order valence-electron chi connectivity index (χ4n) is 2.59. The van der Waals surface area contributed by atoms with Crippen molar-refractivity contribution in [1.82, 2.24) is 4.90 Å². The number of carbonyl (C=O) groups is 1. The summed E-state index contributed by atoms with van der Waals surface area (Å²) in [6, 6.07) is 5.82. The maximum Gasteiger partial charge on any atom is 0.210 e. The number of likely N-dealkylation sites (tertiary alicyclic amines) is 1. The van der Waals surface area contributed by atoms with E-state index in [4.69, 9.17) is 11.1 Å². The van der Waals surface area contributed by atoms with E-state index in [1.165, 1.54) is 6.21 Å². The lowest BCUT2D eigenvalue weighted by atomic mass is 9.90. The summed E-state index contributed by atoms with van der Waals surface area (Å²) in [6.45, 7) is 2.97. The molecule has 2 atom stereocenters. The minimum absolute atomic E-state index is 0.126. The highest BCUT2D eigenvalue weighted by Crippen LogP contribution is 2.33. The molecule has 3 N–H and O–H groups in total. The monoisotopic (exact) mass is 245 g/mol. The molecule has 1 aliphatic heterocycles. The van der Waals surface area contributed by atoms with Crippen LogP contribution in [0, 0.1) is 11.3 Å². The number of anilines is 1. The molecule has 0 aliphatic carbocycles. The van der Waals surface area contributed by atoms with Gasteiger partial charge >= 0.3 is 0 Å². The van der Waals surface area contributed by atoms with Crippen molar-refractivity contribution < 1.29 is 4.79 Å². The molecule has 0 saturated carbocycles. The first-order chi connectivity index (χ1) is 8.65. The topological polar surface area (TPSA) is 70.2 Å². The van der Waals surface area contributed by atoms with Crippen molar-refractivity contribution >= 4 is 18.3 Å². The van der Waals surface area contributed by atoms with E-state index in [0.717, 1.165) is 36.9 Å². The van der Waals surface area contributed by atoms with E-state index >= 15 is 0 Å². The van der Waals surface area contributed by atoms with Gasteiger partial charge in [-0.1, -0.05) is 19.1 Å². The Morgan fingerprint density at radius 3 is 2.83 bits per heavy atom. The molecular weight excluding hydrogens is 226 g/mol. The Kier molecular flexibility index (Phi) is 3.65. The Balaban J connectivity index is 2.27. The summed E-state index contributed by atoms with van der Waals surface area (Å²) >= 11 is 0. The summed E-state index contributed by atoms with van der Waals surface area (Å²) in [5.41, 5.74) is 8.29. The van der Waals surface area contributed by atoms with Crippen LogP contribution in [0.4, 0.5) is 5.69 Å². The minimum atomic E-state index is 0.126. The van der Waals surface area contributed by atoms with Crippen LogP contribution in [0.5, 0.6) is 0 Å². The summed E-state index contributed by atoms with van der Waals surface area (Å²) in [5.74, 6) is 0.560. The molecule has 18 heavy (non-hydrogen) atoms. The standard InChI is InChI=1S/C14H19N3O/c1-10-2-5-14(17(8-10)9-18)11-3-4-12(7-15)13(16)6-11/h3-4,6-7,9-10,14-15H,2,5,8,16H2,1H3/t10?,14-/m1/s1. The van der Waals surface area contributed by atoms with E-state index < -0.39 is 0 Å². The molecule has 0 spiro atoms. The fraction of sp³-hybridized carbons (Fsp3) is 0.429. The number of benzene rings is 1. The van der Waals surface area contributed by atoms with Gasteiger partial charge in [-0.05, 0) is 30.4 Å². The summed E-state index contributed by atoms with van der Waals surface area (Å²) in [7, 11) is 0. The Bertz CT molecular complexity index is 458. The van der Waals surface area contributed by atoms with Gasteiger partial charge in [0.15, 0.2) is 0 Å². The van der Waals surface area contributed by atoms with Gasteiger partial charge in [0.25, 0.3) is 0 Å². The van der Waals surface area contributed by atoms with Crippen LogP contribution in [0.15, 0.2) is 18.2 Å². The van der Waals surface area contributed by atoms with Gasteiger partial charge in [-0.2, -0.15) is 0 Å². The van der Waals surface area contributed by atoms with E-state index in [1.807, 2.05) is 23.1 Å². The number of nitrogens with one attached hydrogen (secondary N) is 1. The van der Waals surface area contributed by atoms with Crippen LogP contribution in [0.2, 0.25) is 0 Å². The molecule has 4 nitrogen and oxygen atoms in total. The maximum absolute atomic E-state index is 11.2. The first kappa shape index (κ1) is 12.6. The Morgan fingerprint density at radius 1 is 1.44 bits per heavy atom. The van der Waals surface area contributed by atoms with Crippen molar-refractivity contribution in [2.45, 2.75) is 25.8 Å². The minimum Gasteiger partial charge on any atom is -0.398 e. The molecule has 1 aliphatic rings. The van der Waals surface area contributed by atoms with Gasteiger partial charge in [0.05, 0.1) is 6.04 Å². The second-order valence-corrected chi connectivity index (χ2v) is 5.03. The quantitative estimate of drug-likeness (QED) is 0.487. The number of piperidine rings is 1. The van der Waals surface area contributed by atoms with Crippen molar-refractivity contribution in [3.8, 4) is 0 Å². The Labute approximate surface area is 107 Å². The average molecular weight is 245 g/mol. The molecule has 2 rings (SSSR count). The van der Waals surface area contributed by atoms with E-state index in [-0.39, 0.29) is 6.04 Å². The third-order valence-corrected chi connectivity index (χ3v) is 3.64. The highest BCUT2D eigenvalue weighted by molar-refractivity contribution is 5.85. The zero-order valence-corrected chi connectivity index (χ0v) is 10.6. The summed E-state index contributed by atoms with van der Waals surface area (Å²) in [6.07, 6.45) is 4.28. The van der Waals surface area contributed by atoms with Crippen molar-refractivity contribution in [1.29, 1.82) is 5.41 Å². The van der Waals surface area contributed by atoms with Crippen LogP contribution in [0.1, 0.15) is 36.9 Å². The zero-order chi connectivity index (χ0) is 13.1. The SMILES string of the molecule is CC1CC[C@H](c2ccc(C=N)c(N)c2)N(C=O)C1. The lowest BCUT2D eigenvalue weighted by Gasteiger charge is -2.36. The first-order valence-corrected chi connectivity index (χ1v) is 6.26. The van der Waals surface area contributed by atoms with Crippen LogP contribution in [-0.4, -0.2) is 24.1 Å². The molecule has 1 saturated heterocycles. The molecule has 1 amide bonds. The highest BCUT2D eigenvalue weighted by atomic mass is 16.1. The van der Waals surface area contributed by atoms with Gasteiger partial charge in [-0.3, -0.25) is 4.79 Å². The third kappa shape index (κ3) is 2.37. The molecule has 0 radical (unpaired) electrons. The van der Waals surface area contributed by atoms with E-state index in [2.05, 4.69) is 6.92 Å². The molecule has 0 aromatic heterocycles. The normalized spacial score (nSPS) is 23.7. The predicted molar refractivity (Wildman–Crippen MR) is 72.6 cm³/mol. The molecule has 1 aromatic carbocycles. The van der Waals surface area contributed by atoms with Gasteiger partial charge in [0.2, 0.25) is 6.41 Å². The average Bonchev–Trinajstić information content (AvgIpc) is 2.38. The molecule has 0 bridgehead atoms. The van der Waals surface area contributed by atoms with E-state index in [1.54, 1.807) is 0 Å².